The van der Waals surface area contributed by atoms with E-state index in [-0.39, 0.29) is 23.7 Å². The quantitative estimate of drug-likeness (QED) is 0.703. The zero-order valence-corrected chi connectivity index (χ0v) is 18.1. The molecule has 4 aliphatic rings. The van der Waals surface area contributed by atoms with E-state index in [1.54, 1.807) is 29.5 Å². The van der Waals surface area contributed by atoms with Crippen LogP contribution in [-0.2, 0) is 16.0 Å². The van der Waals surface area contributed by atoms with Crippen molar-refractivity contribution in [1.82, 2.24) is 14.7 Å². The minimum Gasteiger partial charge on any atom is -0.466 e. The summed E-state index contributed by atoms with van der Waals surface area (Å²) in [6.45, 7) is 2.80. The number of halogens is 1. The lowest BCUT2D eigenvalue weighted by atomic mass is 9.49. The molecular weight excluding hydrogens is 402 g/mol. The van der Waals surface area contributed by atoms with Crippen LogP contribution in [0.2, 0.25) is 5.15 Å². The van der Waals surface area contributed by atoms with E-state index in [4.69, 9.17) is 16.3 Å². The molecule has 0 radical (unpaired) electrons. The first kappa shape index (κ1) is 19.9. The van der Waals surface area contributed by atoms with Gasteiger partial charge in [0.2, 0.25) is 0 Å². The molecule has 2 heterocycles. The summed E-state index contributed by atoms with van der Waals surface area (Å²) in [6, 6.07) is 5.34. The number of hydrogen-bond donors (Lipinski definition) is 1. The van der Waals surface area contributed by atoms with Crippen molar-refractivity contribution in [1.29, 1.82) is 0 Å². The average molecular weight is 430 g/mol. The van der Waals surface area contributed by atoms with Gasteiger partial charge < -0.3 is 10.1 Å². The Labute approximate surface area is 181 Å². The molecule has 160 valence electrons. The molecule has 0 unspecified atom stereocenters. The second-order valence-electron chi connectivity index (χ2n) is 9.54. The van der Waals surface area contributed by atoms with Crippen molar-refractivity contribution in [3.05, 3.63) is 34.7 Å². The Bertz CT molecular complexity index is 964. The summed E-state index contributed by atoms with van der Waals surface area (Å²) in [7, 11) is 0. The van der Waals surface area contributed by atoms with Gasteiger partial charge in [-0.3, -0.25) is 14.0 Å². The number of nitrogens with one attached hydrogen (secondary N) is 1. The lowest BCUT2D eigenvalue weighted by Crippen LogP contribution is -2.51. The number of hydrogen-bond acceptors (Lipinski definition) is 4. The Hall–Kier alpha value is -2.08. The molecule has 6 rings (SSSR count). The Morgan fingerprint density at radius 1 is 1.20 bits per heavy atom. The number of aromatic nitrogens is 2. The molecule has 4 bridgehead atoms. The maximum absolute atomic E-state index is 13.1. The highest BCUT2D eigenvalue weighted by molar-refractivity contribution is 6.31. The third-order valence-electron chi connectivity index (χ3n) is 7.29. The maximum Gasteiger partial charge on any atom is 0.311 e. The molecule has 0 aliphatic heterocycles. The molecule has 2 aromatic rings. The van der Waals surface area contributed by atoms with E-state index < -0.39 is 0 Å². The van der Waals surface area contributed by atoms with Crippen molar-refractivity contribution in [2.45, 2.75) is 51.9 Å². The molecule has 0 aromatic carbocycles. The Kier molecular flexibility index (Phi) is 5.00. The summed E-state index contributed by atoms with van der Waals surface area (Å²) >= 11 is 6.52. The van der Waals surface area contributed by atoms with Crippen molar-refractivity contribution < 1.29 is 14.3 Å². The fourth-order valence-electron chi connectivity index (χ4n) is 6.61. The third-order valence-corrected chi connectivity index (χ3v) is 7.68. The van der Waals surface area contributed by atoms with Crippen LogP contribution in [-0.4, -0.2) is 34.4 Å². The number of carbonyl (C=O) groups is 2. The first-order chi connectivity index (χ1) is 14.5. The largest absolute Gasteiger partial charge is 0.466 e. The molecule has 2 aromatic heterocycles. The molecule has 1 N–H and O–H groups in total. The zero-order valence-electron chi connectivity index (χ0n) is 17.3. The van der Waals surface area contributed by atoms with E-state index in [1.807, 2.05) is 0 Å². The smallest absolute Gasteiger partial charge is 0.311 e. The van der Waals surface area contributed by atoms with E-state index in [9.17, 15) is 9.59 Å². The Balaban J connectivity index is 1.35. The van der Waals surface area contributed by atoms with E-state index in [2.05, 4.69) is 10.3 Å². The molecule has 4 fully saturated rings. The summed E-state index contributed by atoms with van der Waals surface area (Å²) in [6.07, 6.45) is 7.90. The molecular formula is C23H28ClN3O3. The van der Waals surface area contributed by atoms with Crippen LogP contribution in [0.3, 0.4) is 0 Å². The van der Waals surface area contributed by atoms with Gasteiger partial charge in [-0.15, -0.1) is 0 Å². The highest BCUT2D eigenvalue weighted by atomic mass is 35.5. The minimum atomic E-state index is -0.379. The first-order valence-electron chi connectivity index (χ1n) is 11.1. The fraction of sp³-hybridized carbons (Fsp3) is 0.609. The predicted molar refractivity (Wildman–Crippen MR) is 113 cm³/mol. The van der Waals surface area contributed by atoms with E-state index in [0.29, 0.717) is 28.8 Å². The Morgan fingerprint density at radius 2 is 1.87 bits per heavy atom. The van der Waals surface area contributed by atoms with Crippen LogP contribution in [0.5, 0.6) is 0 Å². The minimum absolute atomic E-state index is 0.0112. The number of fused-ring (bicyclic) bond motifs is 1. The fourth-order valence-corrected chi connectivity index (χ4v) is 6.89. The van der Waals surface area contributed by atoms with Gasteiger partial charge in [-0.2, -0.15) is 0 Å². The van der Waals surface area contributed by atoms with Gasteiger partial charge in [0.05, 0.1) is 18.7 Å². The monoisotopic (exact) mass is 429 g/mol. The van der Waals surface area contributed by atoms with Crippen LogP contribution in [0.4, 0.5) is 0 Å². The normalized spacial score (nSPS) is 29.3. The molecule has 6 nitrogen and oxygen atoms in total. The van der Waals surface area contributed by atoms with Gasteiger partial charge in [-0.05, 0) is 80.8 Å². The number of rotatable bonds is 6. The second kappa shape index (κ2) is 7.56. The highest BCUT2D eigenvalue weighted by Crippen LogP contribution is 2.59. The number of nitrogens with zero attached hydrogens (tertiary/aromatic N) is 2. The highest BCUT2D eigenvalue weighted by Gasteiger charge is 2.50. The lowest BCUT2D eigenvalue weighted by molar-refractivity contribution is -0.142. The molecule has 0 saturated heterocycles. The van der Waals surface area contributed by atoms with Crippen LogP contribution >= 0.6 is 11.6 Å². The number of imidazole rings is 1. The van der Waals surface area contributed by atoms with Crippen molar-refractivity contribution in [3.8, 4) is 0 Å². The predicted octanol–water partition coefficient (Wildman–Crippen LogP) is 4.04. The Morgan fingerprint density at radius 3 is 2.50 bits per heavy atom. The van der Waals surface area contributed by atoms with Crippen molar-refractivity contribution in [2.24, 2.45) is 23.2 Å². The van der Waals surface area contributed by atoms with Crippen molar-refractivity contribution >= 4 is 29.1 Å². The summed E-state index contributed by atoms with van der Waals surface area (Å²) in [5.41, 5.74) is 1.70. The summed E-state index contributed by atoms with van der Waals surface area (Å²) in [5.74, 6) is 2.04. The topological polar surface area (TPSA) is 72.7 Å². The number of esters is 1. The van der Waals surface area contributed by atoms with Gasteiger partial charge in [0, 0.05) is 6.54 Å². The van der Waals surface area contributed by atoms with Gasteiger partial charge in [0.25, 0.3) is 5.91 Å². The van der Waals surface area contributed by atoms with Crippen LogP contribution in [0.1, 0.15) is 61.6 Å². The molecule has 1 amide bonds. The van der Waals surface area contributed by atoms with Gasteiger partial charge in [0.15, 0.2) is 0 Å². The molecule has 30 heavy (non-hydrogen) atoms. The molecule has 4 saturated carbocycles. The van der Waals surface area contributed by atoms with Gasteiger partial charge >= 0.3 is 5.97 Å². The molecule has 7 heteroatoms. The van der Waals surface area contributed by atoms with E-state index in [1.165, 1.54) is 38.5 Å². The van der Waals surface area contributed by atoms with Crippen LogP contribution in [0.25, 0.3) is 5.65 Å². The van der Waals surface area contributed by atoms with Gasteiger partial charge in [-0.1, -0.05) is 17.7 Å². The van der Waals surface area contributed by atoms with Crippen LogP contribution < -0.4 is 5.32 Å². The molecule has 0 atom stereocenters. The van der Waals surface area contributed by atoms with Crippen molar-refractivity contribution in [2.75, 3.05) is 13.2 Å². The van der Waals surface area contributed by atoms with Crippen LogP contribution in [0.15, 0.2) is 18.2 Å². The standard InChI is InChI=1S/C23H28ClN3O3/c1-2-30-20(28)9-17-21(24)27-18(4-3-5-19(27)26-17)22(29)25-13-23-10-14-6-15(11-23)8-16(7-14)12-23/h3-5,14-16H,2,6-13H2,1H3,(H,25,29). The molecule has 0 spiro atoms. The van der Waals surface area contributed by atoms with Crippen LogP contribution in [0, 0.1) is 23.2 Å². The SMILES string of the molecule is CCOC(=O)Cc1nc2cccc(C(=O)NCC34CC5CC(CC(C5)C3)C4)n2c1Cl. The molecule has 4 aliphatic carbocycles. The first-order valence-corrected chi connectivity index (χ1v) is 11.4. The summed E-state index contributed by atoms with van der Waals surface area (Å²) in [5, 5.41) is 3.50. The number of pyridine rings is 1. The lowest BCUT2D eigenvalue weighted by Gasteiger charge is -2.56. The number of ether oxygens (including phenoxy) is 1. The van der Waals surface area contributed by atoms with Gasteiger partial charge in [0.1, 0.15) is 16.5 Å². The van der Waals surface area contributed by atoms with Gasteiger partial charge in [-0.25, -0.2) is 4.98 Å². The second-order valence-corrected chi connectivity index (χ2v) is 9.89. The summed E-state index contributed by atoms with van der Waals surface area (Å²) < 4.78 is 6.63. The number of amides is 1. The number of carbonyl (C=O) groups excluding carboxylic acids is 2. The van der Waals surface area contributed by atoms with Crippen molar-refractivity contribution in [3.63, 3.8) is 0 Å². The average Bonchev–Trinajstić information content (AvgIpc) is 3.01. The maximum atomic E-state index is 13.1. The zero-order chi connectivity index (χ0) is 20.9. The summed E-state index contributed by atoms with van der Waals surface area (Å²) in [4.78, 5) is 29.4. The van der Waals surface area contributed by atoms with E-state index >= 15 is 0 Å². The van der Waals surface area contributed by atoms with E-state index in [0.717, 1.165) is 24.3 Å². The third kappa shape index (κ3) is 3.49.